The van der Waals surface area contributed by atoms with Crippen LogP contribution in [0.25, 0.3) is 21.9 Å². The molecule has 0 aliphatic heterocycles. The van der Waals surface area contributed by atoms with E-state index < -0.39 is 0 Å². The minimum atomic E-state index is 0.0825. The Morgan fingerprint density at radius 3 is 2.48 bits per heavy atom. The van der Waals surface area contributed by atoms with E-state index in [1.165, 1.54) is 16.5 Å². The van der Waals surface area contributed by atoms with Crippen molar-refractivity contribution < 1.29 is 4.79 Å². The van der Waals surface area contributed by atoms with Gasteiger partial charge in [0.05, 0.1) is 11.0 Å². The molecule has 4 nitrogen and oxygen atoms in total. The number of nitrogens with zero attached hydrogens (tertiary/aromatic N) is 3. The van der Waals surface area contributed by atoms with E-state index in [0.29, 0.717) is 12.2 Å². The average Bonchev–Trinajstić information content (AvgIpc) is 3.14. The third kappa shape index (κ3) is 2.54. The van der Waals surface area contributed by atoms with E-state index in [4.69, 9.17) is 0 Å². The second-order valence-corrected chi connectivity index (χ2v) is 6.72. The summed E-state index contributed by atoms with van der Waals surface area (Å²) in [6, 6.07) is 16.2. The average molecular weight is 331 g/mol. The lowest BCUT2D eigenvalue weighted by molar-refractivity contribution is 0.0963. The van der Waals surface area contributed by atoms with Gasteiger partial charge in [0, 0.05) is 37.6 Å². The highest BCUT2D eigenvalue weighted by molar-refractivity contribution is 5.97. The zero-order chi connectivity index (χ0) is 17.6. The van der Waals surface area contributed by atoms with Crippen molar-refractivity contribution in [3.63, 3.8) is 0 Å². The van der Waals surface area contributed by atoms with Gasteiger partial charge in [-0.15, -0.1) is 0 Å². The zero-order valence-electron chi connectivity index (χ0n) is 14.7. The fraction of sp³-hybridized carbons (Fsp3) is 0.238. The number of hydrogen-bond donors (Lipinski definition) is 0. The number of hydrogen-bond acceptors (Lipinski definition) is 2. The second kappa shape index (κ2) is 5.88. The van der Waals surface area contributed by atoms with E-state index in [2.05, 4.69) is 34.8 Å². The summed E-state index contributed by atoms with van der Waals surface area (Å²) in [5.74, 6) is 0.755. The van der Waals surface area contributed by atoms with Gasteiger partial charge in [0.2, 0.25) is 0 Å². The van der Waals surface area contributed by atoms with Crippen LogP contribution in [0, 0.1) is 0 Å². The molecular formula is C21H21N3O. The van der Waals surface area contributed by atoms with Crippen molar-refractivity contribution in [2.24, 2.45) is 14.1 Å². The highest BCUT2D eigenvalue weighted by atomic mass is 16.1. The van der Waals surface area contributed by atoms with Crippen LogP contribution in [0.2, 0.25) is 0 Å². The van der Waals surface area contributed by atoms with Crippen LogP contribution in [0.3, 0.4) is 0 Å². The summed E-state index contributed by atoms with van der Waals surface area (Å²) in [6.07, 6.45) is 2.59. The molecule has 0 N–H and O–H groups in total. The predicted octanol–water partition coefficient (Wildman–Crippen LogP) is 4.44. The summed E-state index contributed by atoms with van der Waals surface area (Å²) in [7, 11) is 3.96. The fourth-order valence-corrected chi connectivity index (χ4v) is 3.64. The molecule has 4 heteroatoms. The molecule has 0 saturated carbocycles. The van der Waals surface area contributed by atoms with E-state index in [9.17, 15) is 4.79 Å². The minimum Gasteiger partial charge on any atom is -0.350 e. The molecule has 0 unspecified atom stereocenters. The smallest absolute Gasteiger partial charge is 0.198 e. The fourth-order valence-electron chi connectivity index (χ4n) is 3.64. The van der Waals surface area contributed by atoms with E-state index in [-0.39, 0.29) is 11.7 Å². The molecule has 0 bridgehead atoms. The lowest BCUT2D eigenvalue weighted by Gasteiger charge is -2.10. The first-order valence-electron chi connectivity index (χ1n) is 8.55. The number of carbonyl (C=O) groups excluding carboxylic acids is 1. The van der Waals surface area contributed by atoms with Crippen molar-refractivity contribution in [1.82, 2.24) is 14.1 Å². The molecule has 0 saturated heterocycles. The number of para-hydroxylation sites is 3. The summed E-state index contributed by atoms with van der Waals surface area (Å²) < 4.78 is 4.02. The van der Waals surface area contributed by atoms with Gasteiger partial charge in [0.25, 0.3) is 0 Å². The van der Waals surface area contributed by atoms with Crippen LogP contribution in [0.15, 0.2) is 54.7 Å². The Hall–Kier alpha value is -2.88. The molecular weight excluding hydrogens is 310 g/mol. The Labute approximate surface area is 146 Å². The Balaban J connectivity index is 1.66. The SMILES string of the molecule is C[C@H](CC(=O)c1nc2ccccc2n1C)c1cn(C)c2ccccc12. The van der Waals surface area contributed by atoms with Crippen molar-refractivity contribution in [1.29, 1.82) is 0 Å². The van der Waals surface area contributed by atoms with Crippen LogP contribution < -0.4 is 0 Å². The largest absolute Gasteiger partial charge is 0.350 e. The molecule has 0 amide bonds. The first kappa shape index (κ1) is 15.6. The summed E-state index contributed by atoms with van der Waals surface area (Å²) in [4.78, 5) is 17.4. The monoisotopic (exact) mass is 331 g/mol. The number of imidazole rings is 1. The summed E-state index contributed by atoms with van der Waals surface area (Å²) in [5.41, 5.74) is 4.26. The summed E-state index contributed by atoms with van der Waals surface area (Å²) in [6.45, 7) is 2.11. The van der Waals surface area contributed by atoms with Gasteiger partial charge in [0.1, 0.15) is 0 Å². The Bertz CT molecular complexity index is 1090. The molecule has 4 rings (SSSR count). The first-order valence-corrected chi connectivity index (χ1v) is 8.55. The molecule has 25 heavy (non-hydrogen) atoms. The van der Waals surface area contributed by atoms with Gasteiger partial charge in [0.15, 0.2) is 11.6 Å². The third-order valence-corrected chi connectivity index (χ3v) is 4.99. The van der Waals surface area contributed by atoms with Gasteiger partial charge >= 0.3 is 0 Å². The number of rotatable bonds is 4. The van der Waals surface area contributed by atoms with E-state index in [1.807, 2.05) is 55.1 Å². The van der Waals surface area contributed by atoms with Crippen molar-refractivity contribution >= 4 is 27.7 Å². The molecule has 0 radical (unpaired) electrons. The summed E-state index contributed by atoms with van der Waals surface area (Å²) >= 11 is 0. The number of aryl methyl sites for hydroxylation is 2. The maximum absolute atomic E-state index is 12.9. The zero-order valence-corrected chi connectivity index (χ0v) is 14.7. The predicted molar refractivity (Wildman–Crippen MR) is 101 cm³/mol. The molecule has 0 aliphatic carbocycles. The third-order valence-electron chi connectivity index (χ3n) is 4.99. The lowest BCUT2D eigenvalue weighted by Crippen LogP contribution is -2.10. The highest BCUT2D eigenvalue weighted by Gasteiger charge is 2.21. The second-order valence-electron chi connectivity index (χ2n) is 6.72. The Morgan fingerprint density at radius 1 is 1.04 bits per heavy atom. The molecule has 2 aromatic heterocycles. The van der Waals surface area contributed by atoms with Crippen LogP contribution in [0.1, 0.15) is 35.4 Å². The van der Waals surface area contributed by atoms with Gasteiger partial charge in [-0.05, 0) is 29.7 Å². The number of benzene rings is 2. The molecule has 2 aromatic carbocycles. The number of carbonyl (C=O) groups is 1. The standard InChI is InChI=1S/C21H21N3O/c1-14(16-13-23(2)18-10-6-4-8-15(16)18)12-20(25)21-22-17-9-5-7-11-19(17)24(21)3/h4-11,13-14H,12H2,1-3H3/t14-/m1/s1. The first-order chi connectivity index (χ1) is 12.1. The van der Waals surface area contributed by atoms with Crippen molar-refractivity contribution in [3.8, 4) is 0 Å². The molecule has 0 fully saturated rings. The molecule has 2 heterocycles. The molecule has 0 aliphatic rings. The lowest BCUT2D eigenvalue weighted by atomic mass is 9.95. The van der Waals surface area contributed by atoms with Crippen molar-refractivity contribution in [2.75, 3.05) is 0 Å². The quantitative estimate of drug-likeness (QED) is 0.519. The number of Topliss-reactive ketones (excluding diaryl/α,β-unsaturated/α-hetero) is 1. The van der Waals surface area contributed by atoms with Gasteiger partial charge in [-0.25, -0.2) is 4.98 Å². The van der Waals surface area contributed by atoms with E-state index in [1.54, 1.807) is 0 Å². The van der Waals surface area contributed by atoms with Crippen LogP contribution in [0.4, 0.5) is 0 Å². The molecule has 1 atom stereocenters. The van der Waals surface area contributed by atoms with Gasteiger partial charge in [-0.1, -0.05) is 37.3 Å². The summed E-state index contributed by atoms with van der Waals surface area (Å²) in [5, 5.41) is 1.22. The van der Waals surface area contributed by atoms with Crippen molar-refractivity contribution in [2.45, 2.75) is 19.3 Å². The topological polar surface area (TPSA) is 39.8 Å². The maximum atomic E-state index is 12.9. The van der Waals surface area contributed by atoms with E-state index in [0.717, 1.165) is 11.0 Å². The van der Waals surface area contributed by atoms with Gasteiger partial charge in [-0.2, -0.15) is 0 Å². The van der Waals surface area contributed by atoms with Crippen LogP contribution in [-0.2, 0) is 14.1 Å². The van der Waals surface area contributed by atoms with Crippen LogP contribution >= 0.6 is 0 Å². The minimum absolute atomic E-state index is 0.0825. The molecule has 4 aromatic rings. The maximum Gasteiger partial charge on any atom is 0.198 e. The van der Waals surface area contributed by atoms with Crippen LogP contribution in [-0.4, -0.2) is 19.9 Å². The molecule has 0 spiro atoms. The Kier molecular flexibility index (Phi) is 3.68. The van der Waals surface area contributed by atoms with Crippen molar-refractivity contribution in [3.05, 3.63) is 66.1 Å². The van der Waals surface area contributed by atoms with E-state index >= 15 is 0 Å². The number of fused-ring (bicyclic) bond motifs is 2. The van der Waals surface area contributed by atoms with Crippen LogP contribution in [0.5, 0.6) is 0 Å². The highest BCUT2D eigenvalue weighted by Crippen LogP contribution is 2.30. The number of ketones is 1. The Morgan fingerprint density at radius 2 is 1.72 bits per heavy atom. The van der Waals surface area contributed by atoms with Gasteiger partial charge in [-0.3, -0.25) is 4.79 Å². The van der Waals surface area contributed by atoms with Gasteiger partial charge < -0.3 is 9.13 Å². The molecule has 126 valence electrons. The normalized spacial score (nSPS) is 12.8. The number of aromatic nitrogens is 3.